The molecular weight excluding hydrogens is 318 g/mol. The van der Waals surface area contributed by atoms with E-state index in [2.05, 4.69) is 20.4 Å². The monoisotopic (exact) mass is 333 g/mol. The highest BCUT2D eigenvalue weighted by atomic mass is 35.5. The number of carbonyl (C=O) groups is 2. The van der Waals surface area contributed by atoms with Crippen molar-refractivity contribution in [1.82, 2.24) is 20.4 Å². The molecule has 2 fully saturated rings. The van der Waals surface area contributed by atoms with Crippen molar-refractivity contribution < 1.29 is 9.59 Å². The molecule has 7 nitrogen and oxygen atoms in total. The first-order chi connectivity index (χ1) is 11.0. The van der Waals surface area contributed by atoms with E-state index in [0.29, 0.717) is 31.0 Å². The van der Waals surface area contributed by atoms with Crippen LogP contribution >= 0.6 is 11.6 Å². The molecule has 2 aromatic rings. The Morgan fingerprint density at radius 2 is 2.00 bits per heavy atom. The Morgan fingerprint density at radius 3 is 2.65 bits per heavy atom. The number of rotatable bonds is 1. The molecule has 2 aliphatic heterocycles. The van der Waals surface area contributed by atoms with Crippen molar-refractivity contribution in [2.75, 3.05) is 25.0 Å². The molecule has 2 N–H and O–H groups in total. The van der Waals surface area contributed by atoms with Crippen molar-refractivity contribution in [3.05, 3.63) is 23.4 Å². The SMILES string of the molecule is CN1C(=O)NC2(CCN(c3cc(Cl)cc4[nH]ncc34)CC2)C1=O. The maximum Gasteiger partial charge on any atom is 0.324 e. The zero-order valence-corrected chi connectivity index (χ0v) is 13.4. The average Bonchev–Trinajstić information content (AvgIpc) is 3.08. The Balaban J connectivity index is 1.61. The second kappa shape index (κ2) is 4.86. The molecule has 0 aliphatic carbocycles. The second-order valence-electron chi connectivity index (χ2n) is 6.12. The van der Waals surface area contributed by atoms with Gasteiger partial charge in [-0.2, -0.15) is 5.10 Å². The fraction of sp³-hybridized carbons (Fsp3) is 0.400. The first-order valence-corrected chi connectivity index (χ1v) is 7.86. The lowest BCUT2D eigenvalue weighted by atomic mass is 9.87. The highest BCUT2D eigenvalue weighted by Crippen LogP contribution is 2.35. The summed E-state index contributed by atoms with van der Waals surface area (Å²) in [4.78, 5) is 27.5. The maximum absolute atomic E-state index is 12.3. The molecule has 1 spiro atoms. The lowest BCUT2D eigenvalue weighted by Crippen LogP contribution is -2.55. The summed E-state index contributed by atoms with van der Waals surface area (Å²) < 4.78 is 0. The zero-order chi connectivity index (χ0) is 16.2. The van der Waals surface area contributed by atoms with E-state index in [1.54, 1.807) is 6.20 Å². The van der Waals surface area contributed by atoms with Crippen LogP contribution in [0.1, 0.15) is 12.8 Å². The third-order valence-electron chi connectivity index (χ3n) is 4.82. The van der Waals surface area contributed by atoms with Crippen molar-refractivity contribution >= 4 is 40.1 Å². The topological polar surface area (TPSA) is 81.3 Å². The number of piperidine rings is 1. The van der Waals surface area contributed by atoms with E-state index in [9.17, 15) is 9.59 Å². The normalized spacial score (nSPS) is 20.6. The predicted octanol–water partition coefficient (Wildman–Crippen LogP) is 1.74. The van der Waals surface area contributed by atoms with E-state index >= 15 is 0 Å². The number of benzene rings is 1. The molecule has 0 bridgehead atoms. The number of H-pyrrole nitrogens is 1. The van der Waals surface area contributed by atoms with Gasteiger partial charge < -0.3 is 10.2 Å². The van der Waals surface area contributed by atoms with Crippen molar-refractivity contribution in [2.24, 2.45) is 0 Å². The van der Waals surface area contributed by atoms with Gasteiger partial charge in [0.05, 0.1) is 11.7 Å². The van der Waals surface area contributed by atoms with Crippen molar-refractivity contribution in [3.63, 3.8) is 0 Å². The van der Waals surface area contributed by atoms with Crippen molar-refractivity contribution in [3.8, 4) is 0 Å². The fourth-order valence-electron chi connectivity index (χ4n) is 3.48. The lowest BCUT2D eigenvalue weighted by molar-refractivity contribution is -0.131. The van der Waals surface area contributed by atoms with Crippen molar-refractivity contribution in [2.45, 2.75) is 18.4 Å². The second-order valence-corrected chi connectivity index (χ2v) is 6.56. The summed E-state index contributed by atoms with van der Waals surface area (Å²) in [5, 5.41) is 11.5. The lowest BCUT2D eigenvalue weighted by Gasteiger charge is -2.38. The first-order valence-electron chi connectivity index (χ1n) is 7.48. The third-order valence-corrected chi connectivity index (χ3v) is 5.04. The Kier molecular flexibility index (Phi) is 3.02. The quantitative estimate of drug-likeness (QED) is 0.779. The van der Waals surface area contributed by atoms with Gasteiger partial charge in [-0.1, -0.05) is 11.6 Å². The smallest absolute Gasteiger partial charge is 0.324 e. The Hall–Kier alpha value is -2.28. The van der Waals surface area contributed by atoms with Crippen LogP contribution in [0.5, 0.6) is 0 Å². The number of hydrogen-bond donors (Lipinski definition) is 2. The first kappa shape index (κ1) is 14.3. The number of aromatic nitrogens is 2. The number of aromatic amines is 1. The van der Waals surface area contributed by atoms with Crippen LogP contribution in [0, 0.1) is 0 Å². The number of nitrogens with zero attached hydrogens (tertiary/aromatic N) is 3. The summed E-state index contributed by atoms with van der Waals surface area (Å²) in [5.41, 5.74) is 1.13. The van der Waals surface area contributed by atoms with E-state index in [0.717, 1.165) is 16.6 Å². The number of amides is 3. The average molecular weight is 334 g/mol. The van der Waals surface area contributed by atoms with Gasteiger partial charge in [0.25, 0.3) is 5.91 Å². The third kappa shape index (κ3) is 2.07. The molecule has 0 radical (unpaired) electrons. The Morgan fingerprint density at radius 1 is 1.26 bits per heavy atom. The highest BCUT2D eigenvalue weighted by Gasteiger charge is 2.51. The van der Waals surface area contributed by atoms with Crippen LogP contribution in [0.15, 0.2) is 18.3 Å². The van der Waals surface area contributed by atoms with Crippen LogP contribution in [0.2, 0.25) is 5.02 Å². The standard InChI is InChI=1S/C15H16ClN5O2/c1-20-13(22)15(18-14(20)23)2-4-21(5-3-15)12-7-9(16)6-11-10(12)8-17-19-11/h6-8H,2-5H2,1H3,(H,17,19)(H,18,23). The van der Waals surface area contributed by atoms with E-state index in [-0.39, 0.29) is 11.9 Å². The number of urea groups is 1. The zero-order valence-electron chi connectivity index (χ0n) is 12.6. The minimum absolute atomic E-state index is 0.137. The summed E-state index contributed by atoms with van der Waals surface area (Å²) >= 11 is 6.19. The number of nitrogens with one attached hydrogen (secondary N) is 2. The van der Waals surface area contributed by atoms with Crippen LogP contribution in [0.3, 0.4) is 0 Å². The highest BCUT2D eigenvalue weighted by molar-refractivity contribution is 6.31. The molecule has 120 valence electrons. The van der Waals surface area contributed by atoms with Crippen LogP contribution in [0.4, 0.5) is 10.5 Å². The Labute approximate surface area is 137 Å². The molecular formula is C15H16ClN5O2. The maximum atomic E-state index is 12.3. The molecule has 0 atom stereocenters. The number of imide groups is 1. The molecule has 1 aromatic carbocycles. The number of hydrogen-bond acceptors (Lipinski definition) is 4. The minimum Gasteiger partial charge on any atom is -0.371 e. The van der Waals surface area contributed by atoms with Gasteiger partial charge in [-0.05, 0) is 25.0 Å². The molecule has 4 rings (SSSR count). The molecule has 3 heterocycles. The minimum atomic E-state index is -0.754. The number of carbonyl (C=O) groups excluding carboxylic acids is 2. The summed E-state index contributed by atoms with van der Waals surface area (Å²) in [6, 6.07) is 3.44. The molecule has 1 aromatic heterocycles. The molecule has 0 saturated carbocycles. The summed E-state index contributed by atoms with van der Waals surface area (Å²) in [5.74, 6) is -0.137. The van der Waals surface area contributed by atoms with Gasteiger partial charge in [-0.15, -0.1) is 0 Å². The molecule has 8 heteroatoms. The van der Waals surface area contributed by atoms with Gasteiger partial charge in [0.1, 0.15) is 5.54 Å². The van der Waals surface area contributed by atoms with Crippen LogP contribution in [0.25, 0.3) is 10.9 Å². The van der Waals surface area contributed by atoms with Gasteiger partial charge in [-0.25, -0.2) is 4.79 Å². The van der Waals surface area contributed by atoms with Gasteiger partial charge in [0.15, 0.2) is 0 Å². The van der Waals surface area contributed by atoms with E-state index in [1.165, 1.54) is 11.9 Å². The van der Waals surface area contributed by atoms with Crippen LogP contribution in [-0.2, 0) is 4.79 Å². The fourth-order valence-corrected chi connectivity index (χ4v) is 3.70. The summed E-state index contributed by atoms with van der Waals surface area (Å²) in [7, 11) is 1.52. The Bertz CT molecular complexity index is 809. The summed E-state index contributed by atoms with van der Waals surface area (Å²) in [6.45, 7) is 1.33. The van der Waals surface area contributed by atoms with Gasteiger partial charge >= 0.3 is 6.03 Å². The van der Waals surface area contributed by atoms with Gasteiger partial charge in [-0.3, -0.25) is 14.8 Å². The number of likely N-dealkylation sites (N-methyl/N-ethyl adjacent to an activating group) is 1. The number of anilines is 1. The number of fused-ring (bicyclic) bond motifs is 1. The van der Waals surface area contributed by atoms with Crippen LogP contribution < -0.4 is 10.2 Å². The molecule has 2 saturated heterocycles. The van der Waals surface area contributed by atoms with E-state index in [4.69, 9.17) is 11.6 Å². The largest absolute Gasteiger partial charge is 0.371 e. The van der Waals surface area contributed by atoms with Crippen molar-refractivity contribution in [1.29, 1.82) is 0 Å². The molecule has 3 amide bonds. The molecule has 23 heavy (non-hydrogen) atoms. The molecule has 2 aliphatic rings. The number of halogens is 1. The summed E-state index contributed by atoms with van der Waals surface area (Å²) in [6.07, 6.45) is 2.93. The van der Waals surface area contributed by atoms with Gasteiger partial charge in [0.2, 0.25) is 0 Å². The van der Waals surface area contributed by atoms with Gasteiger partial charge in [0, 0.05) is 36.2 Å². The van der Waals surface area contributed by atoms with Crippen LogP contribution in [-0.4, -0.2) is 52.7 Å². The van der Waals surface area contributed by atoms with E-state index < -0.39 is 5.54 Å². The van der Waals surface area contributed by atoms with E-state index in [1.807, 2.05) is 12.1 Å². The molecule has 0 unspecified atom stereocenters. The predicted molar refractivity (Wildman–Crippen MR) is 86.6 cm³/mol.